The third-order valence-electron chi connectivity index (χ3n) is 3.28. The molecule has 0 bridgehead atoms. The second-order valence-electron chi connectivity index (χ2n) is 4.74. The summed E-state index contributed by atoms with van der Waals surface area (Å²) < 4.78 is 25.1. The number of halogens is 1. The predicted octanol–water partition coefficient (Wildman–Crippen LogP) is 1.03. The van der Waals surface area contributed by atoms with Crippen LogP contribution in [-0.2, 0) is 21.8 Å². The Morgan fingerprint density at radius 3 is 2.59 bits per heavy atom. The van der Waals surface area contributed by atoms with Crippen molar-refractivity contribution in [3.8, 4) is 0 Å². The van der Waals surface area contributed by atoms with Gasteiger partial charge in [-0.2, -0.15) is 0 Å². The molecule has 1 aromatic rings. The summed E-state index contributed by atoms with van der Waals surface area (Å²) in [5.74, 6) is 0.171. The lowest BCUT2D eigenvalue weighted by atomic mass is 10.0. The highest BCUT2D eigenvalue weighted by Gasteiger charge is 2.41. The van der Waals surface area contributed by atoms with E-state index in [1.165, 1.54) is 4.68 Å². The van der Waals surface area contributed by atoms with E-state index in [0.29, 0.717) is 17.3 Å². The summed E-state index contributed by atoms with van der Waals surface area (Å²) in [7, 11) is -3.02. The molecule has 1 atom stereocenters. The van der Waals surface area contributed by atoms with Crippen molar-refractivity contribution in [2.24, 2.45) is 0 Å². The first-order valence-electron chi connectivity index (χ1n) is 5.49. The molecule has 1 fully saturated rings. The van der Waals surface area contributed by atoms with E-state index in [1.807, 2.05) is 6.92 Å². The summed E-state index contributed by atoms with van der Waals surface area (Å²) in [6.07, 6.45) is 1.18. The van der Waals surface area contributed by atoms with Crippen molar-refractivity contribution >= 4 is 25.8 Å². The van der Waals surface area contributed by atoms with Crippen LogP contribution in [-0.4, -0.2) is 29.7 Å². The molecule has 2 heterocycles. The Balaban J connectivity index is 2.52. The Labute approximate surface area is 108 Å². The van der Waals surface area contributed by atoms with Gasteiger partial charge in [0.2, 0.25) is 0 Å². The highest BCUT2D eigenvalue weighted by molar-refractivity contribution is 9.10. The van der Waals surface area contributed by atoms with Crippen LogP contribution >= 0.6 is 15.9 Å². The SMILES string of the molecule is CCc1[nH]n(C2(C)CCS(=O)(=O)C2)c(=O)c1Br. The monoisotopic (exact) mass is 322 g/mol. The lowest BCUT2D eigenvalue weighted by Crippen LogP contribution is -2.39. The maximum Gasteiger partial charge on any atom is 0.281 e. The molecule has 1 aliphatic heterocycles. The van der Waals surface area contributed by atoms with Crippen LogP contribution in [0.15, 0.2) is 9.27 Å². The van der Waals surface area contributed by atoms with Crippen molar-refractivity contribution < 1.29 is 8.42 Å². The first kappa shape index (κ1) is 12.9. The summed E-state index contributed by atoms with van der Waals surface area (Å²) in [6, 6.07) is 0. The molecule has 96 valence electrons. The zero-order valence-electron chi connectivity index (χ0n) is 9.79. The van der Waals surface area contributed by atoms with Crippen molar-refractivity contribution in [3.05, 3.63) is 20.5 Å². The summed E-state index contributed by atoms with van der Waals surface area (Å²) in [5.41, 5.74) is -0.0201. The topological polar surface area (TPSA) is 71.9 Å². The first-order chi connectivity index (χ1) is 7.79. The van der Waals surface area contributed by atoms with Crippen molar-refractivity contribution in [2.45, 2.75) is 32.2 Å². The molecule has 0 spiro atoms. The molecule has 7 heteroatoms. The Hall–Kier alpha value is -0.560. The van der Waals surface area contributed by atoms with Gasteiger partial charge < -0.3 is 0 Å². The van der Waals surface area contributed by atoms with Gasteiger partial charge in [-0.05, 0) is 35.7 Å². The highest BCUT2D eigenvalue weighted by Crippen LogP contribution is 2.29. The molecule has 1 N–H and O–H groups in total. The molecule has 0 saturated carbocycles. The Bertz CT molecular complexity index is 602. The van der Waals surface area contributed by atoms with Crippen LogP contribution in [0.25, 0.3) is 0 Å². The molecule has 1 aliphatic rings. The normalized spacial score (nSPS) is 27.5. The van der Waals surface area contributed by atoms with Crippen molar-refractivity contribution in [1.82, 2.24) is 9.78 Å². The maximum absolute atomic E-state index is 12.0. The van der Waals surface area contributed by atoms with E-state index < -0.39 is 15.4 Å². The highest BCUT2D eigenvalue weighted by atomic mass is 79.9. The molecule has 0 aromatic carbocycles. The molecule has 5 nitrogen and oxygen atoms in total. The molecular weight excluding hydrogens is 308 g/mol. The van der Waals surface area contributed by atoms with Gasteiger partial charge in [0.1, 0.15) is 4.47 Å². The molecule has 1 saturated heterocycles. The van der Waals surface area contributed by atoms with Gasteiger partial charge in [0.25, 0.3) is 5.56 Å². The molecule has 0 radical (unpaired) electrons. The molecule has 17 heavy (non-hydrogen) atoms. The molecular formula is C10H15BrN2O3S. The molecule has 0 aliphatic carbocycles. The number of sulfone groups is 1. The first-order valence-corrected chi connectivity index (χ1v) is 8.11. The Morgan fingerprint density at radius 2 is 2.18 bits per heavy atom. The molecule has 1 unspecified atom stereocenters. The number of nitrogens with one attached hydrogen (secondary N) is 1. The van der Waals surface area contributed by atoms with Crippen LogP contribution < -0.4 is 5.56 Å². The quantitative estimate of drug-likeness (QED) is 0.884. The minimum Gasteiger partial charge on any atom is -0.298 e. The second kappa shape index (κ2) is 3.98. The maximum atomic E-state index is 12.0. The van der Waals surface area contributed by atoms with E-state index in [-0.39, 0.29) is 17.1 Å². The van der Waals surface area contributed by atoms with Gasteiger partial charge in [-0.3, -0.25) is 9.89 Å². The van der Waals surface area contributed by atoms with Crippen molar-refractivity contribution in [3.63, 3.8) is 0 Å². The van der Waals surface area contributed by atoms with E-state index in [1.54, 1.807) is 6.92 Å². The van der Waals surface area contributed by atoms with E-state index in [0.717, 1.165) is 5.69 Å². The number of hydrogen-bond acceptors (Lipinski definition) is 3. The number of aromatic nitrogens is 2. The van der Waals surface area contributed by atoms with Crippen LogP contribution in [0, 0.1) is 0 Å². The number of hydrogen-bond donors (Lipinski definition) is 1. The lowest BCUT2D eigenvalue weighted by molar-refractivity contribution is 0.318. The van der Waals surface area contributed by atoms with Gasteiger partial charge in [-0.25, -0.2) is 13.1 Å². The van der Waals surface area contributed by atoms with E-state index >= 15 is 0 Å². The largest absolute Gasteiger partial charge is 0.298 e. The number of aryl methyl sites for hydroxylation is 1. The standard InChI is InChI=1S/C10H15BrN2O3S/c1-3-7-8(11)9(14)13(12-7)10(2)4-5-17(15,16)6-10/h12H,3-6H2,1-2H3. The van der Waals surface area contributed by atoms with Crippen molar-refractivity contribution in [2.75, 3.05) is 11.5 Å². The van der Waals surface area contributed by atoms with Crippen LogP contribution in [0.3, 0.4) is 0 Å². The third kappa shape index (κ3) is 2.10. The fraction of sp³-hybridized carbons (Fsp3) is 0.700. The summed E-state index contributed by atoms with van der Waals surface area (Å²) in [4.78, 5) is 12.0. The fourth-order valence-electron chi connectivity index (χ4n) is 2.25. The van der Waals surface area contributed by atoms with Crippen LogP contribution in [0.1, 0.15) is 26.0 Å². The third-order valence-corrected chi connectivity index (χ3v) is 5.98. The zero-order chi connectivity index (χ0) is 12.8. The van der Waals surface area contributed by atoms with Crippen LogP contribution in [0.2, 0.25) is 0 Å². The number of nitrogens with zero attached hydrogens (tertiary/aromatic N) is 1. The number of rotatable bonds is 2. The van der Waals surface area contributed by atoms with Gasteiger partial charge in [0.15, 0.2) is 9.84 Å². The molecule has 2 rings (SSSR count). The summed E-state index contributed by atoms with van der Waals surface area (Å²) in [6.45, 7) is 3.75. The second-order valence-corrected chi connectivity index (χ2v) is 7.71. The molecule has 1 aromatic heterocycles. The minimum absolute atomic E-state index is 0.0238. The minimum atomic E-state index is -3.02. The molecule has 0 amide bonds. The van der Waals surface area contributed by atoms with Gasteiger partial charge in [0, 0.05) is 0 Å². The van der Waals surface area contributed by atoms with E-state index in [2.05, 4.69) is 21.0 Å². The fourth-order valence-corrected chi connectivity index (χ4v) is 4.91. The smallest absolute Gasteiger partial charge is 0.281 e. The van der Waals surface area contributed by atoms with E-state index in [4.69, 9.17) is 0 Å². The van der Waals surface area contributed by atoms with Gasteiger partial charge in [0.05, 0.1) is 22.7 Å². The lowest BCUT2D eigenvalue weighted by Gasteiger charge is -2.22. The predicted molar refractivity (Wildman–Crippen MR) is 69.0 cm³/mol. The van der Waals surface area contributed by atoms with Gasteiger partial charge in [-0.1, -0.05) is 6.92 Å². The van der Waals surface area contributed by atoms with Crippen LogP contribution in [0.5, 0.6) is 0 Å². The zero-order valence-corrected chi connectivity index (χ0v) is 12.2. The average molecular weight is 323 g/mol. The van der Waals surface area contributed by atoms with E-state index in [9.17, 15) is 13.2 Å². The summed E-state index contributed by atoms with van der Waals surface area (Å²) in [5, 5.41) is 3.01. The average Bonchev–Trinajstić information content (AvgIpc) is 2.68. The Kier molecular flexibility index (Phi) is 3.02. The van der Waals surface area contributed by atoms with Crippen molar-refractivity contribution in [1.29, 1.82) is 0 Å². The number of aromatic amines is 1. The van der Waals surface area contributed by atoms with Crippen LogP contribution in [0.4, 0.5) is 0 Å². The Morgan fingerprint density at radius 1 is 1.53 bits per heavy atom. The van der Waals surface area contributed by atoms with Gasteiger partial charge >= 0.3 is 0 Å². The number of H-pyrrole nitrogens is 1. The summed E-state index contributed by atoms with van der Waals surface area (Å²) >= 11 is 3.25. The van der Waals surface area contributed by atoms with Gasteiger partial charge in [-0.15, -0.1) is 0 Å².